The maximum absolute atomic E-state index is 12.1. The van der Waals surface area contributed by atoms with Crippen LogP contribution < -0.4 is 5.73 Å². The van der Waals surface area contributed by atoms with Gasteiger partial charge in [-0.15, -0.1) is 11.3 Å². The number of likely N-dealkylation sites (N-methyl/N-ethyl adjacent to an activating group) is 2. The van der Waals surface area contributed by atoms with Crippen molar-refractivity contribution < 1.29 is 4.79 Å². The summed E-state index contributed by atoms with van der Waals surface area (Å²) in [6.45, 7) is 8.57. The normalized spacial score (nSPS) is 12.7. The molecule has 5 heteroatoms. The molecule has 19 heavy (non-hydrogen) atoms. The summed E-state index contributed by atoms with van der Waals surface area (Å²) in [6, 6.07) is 2.22. The fourth-order valence-electron chi connectivity index (χ4n) is 2.21. The van der Waals surface area contributed by atoms with Crippen molar-refractivity contribution in [3.05, 3.63) is 21.9 Å². The summed E-state index contributed by atoms with van der Waals surface area (Å²) >= 11 is 1.71. The van der Waals surface area contributed by atoms with Crippen molar-refractivity contribution in [3.8, 4) is 0 Å². The van der Waals surface area contributed by atoms with Crippen LogP contribution in [0, 0.1) is 6.92 Å². The van der Waals surface area contributed by atoms with Crippen LogP contribution in [-0.2, 0) is 4.79 Å². The second-order valence-electron chi connectivity index (χ2n) is 4.70. The minimum absolute atomic E-state index is 0.125. The van der Waals surface area contributed by atoms with Gasteiger partial charge in [0.2, 0.25) is 5.91 Å². The number of hydrogen-bond donors (Lipinski definition) is 1. The molecule has 0 aliphatic heterocycles. The van der Waals surface area contributed by atoms with Crippen molar-refractivity contribution in [2.75, 3.05) is 33.2 Å². The molecule has 0 bridgehead atoms. The van der Waals surface area contributed by atoms with E-state index in [0.29, 0.717) is 13.1 Å². The lowest BCUT2D eigenvalue weighted by Gasteiger charge is -2.29. The van der Waals surface area contributed by atoms with Crippen molar-refractivity contribution in [3.63, 3.8) is 0 Å². The van der Waals surface area contributed by atoms with Crippen LogP contribution in [0.25, 0.3) is 0 Å². The summed E-state index contributed by atoms with van der Waals surface area (Å²) in [5.74, 6) is 0.167. The molecule has 4 nitrogen and oxygen atoms in total. The van der Waals surface area contributed by atoms with Gasteiger partial charge in [0.25, 0.3) is 0 Å². The van der Waals surface area contributed by atoms with E-state index in [1.54, 1.807) is 11.3 Å². The average Bonchev–Trinajstić information content (AvgIpc) is 2.78. The largest absolute Gasteiger partial charge is 0.342 e. The van der Waals surface area contributed by atoms with Crippen LogP contribution in [0.2, 0.25) is 0 Å². The Morgan fingerprint density at radius 1 is 1.42 bits per heavy atom. The van der Waals surface area contributed by atoms with Gasteiger partial charge in [0.15, 0.2) is 0 Å². The second kappa shape index (κ2) is 7.62. The Hall–Kier alpha value is -0.910. The molecule has 0 aromatic carbocycles. The molecule has 1 atom stereocenters. The van der Waals surface area contributed by atoms with Crippen LogP contribution in [0.4, 0.5) is 0 Å². The molecule has 0 fully saturated rings. The Bertz CT molecular complexity index is 401. The number of carbonyl (C=O) groups is 1. The number of amides is 1. The highest BCUT2D eigenvalue weighted by Gasteiger charge is 2.22. The molecule has 0 aliphatic rings. The Morgan fingerprint density at radius 2 is 2.05 bits per heavy atom. The Balaban J connectivity index is 2.72. The molecule has 108 valence electrons. The standard InChI is InChI=1S/C14H25N3OS/c1-5-17(6-2)13(18)10-16(4)12(9-15)14-11(3)7-8-19-14/h7-8,12H,5-6,9-10,15H2,1-4H3. The van der Waals surface area contributed by atoms with Crippen LogP contribution in [0.5, 0.6) is 0 Å². The van der Waals surface area contributed by atoms with Crippen molar-refractivity contribution in [2.45, 2.75) is 26.8 Å². The number of aryl methyl sites for hydroxylation is 1. The molecule has 1 heterocycles. The van der Waals surface area contributed by atoms with Gasteiger partial charge in [-0.05, 0) is 44.8 Å². The number of carbonyl (C=O) groups excluding carboxylic acids is 1. The van der Waals surface area contributed by atoms with E-state index in [-0.39, 0.29) is 11.9 Å². The first-order valence-corrected chi connectivity index (χ1v) is 7.65. The summed E-state index contributed by atoms with van der Waals surface area (Å²) < 4.78 is 0. The van der Waals surface area contributed by atoms with Gasteiger partial charge in [0, 0.05) is 24.5 Å². The predicted octanol–water partition coefficient (Wildman–Crippen LogP) is 1.86. The molecule has 1 unspecified atom stereocenters. The van der Waals surface area contributed by atoms with Crippen LogP contribution in [0.15, 0.2) is 11.4 Å². The highest BCUT2D eigenvalue weighted by atomic mass is 32.1. The van der Waals surface area contributed by atoms with Gasteiger partial charge in [-0.1, -0.05) is 0 Å². The zero-order valence-corrected chi connectivity index (χ0v) is 13.2. The first-order valence-electron chi connectivity index (χ1n) is 6.77. The molecule has 0 radical (unpaired) electrons. The van der Waals surface area contributed by atoms with E-state index < -0.39 is 0 Å². The minimum Gasteiger partial charge on any atom is -0.342 e. The molecule has 1 aromatic heterocycles. The number of rotatable bonds is 7. The Morgan fingerprint density at radius 3 is 2.47 bits per heavy atom. The zero-order valence-electron chi connectivity index (χ0n) is 12.3. The van der Waals surface area contributed by atoms with Gasteiger partial charge in [0.05, 0.1) is 12.6 Å². The van der Waals surface area contributed by atoms with E-state index in [1.165, 1.54) is 10.4 Å². The van der Waals surface area contributed by atoms with Crippen LogP contribution in [0.1, 0.15) is 30.3 Å². The van der Waals surface area contributed by atoms with Crippen molar-refractivity contribution in [2.24, 2.45) is 5.73 Å². The lowest BCUT2D eigenvalue weighted by molar-refractivity contribution is -0.132. The first-order chi connectivity index (χ1) is 9.04. The van der Waals surface area contributed by atoms with Crippen LogP contribution in [0.3, 0.4) is 0 Å². The summed E-state index contributed by atoms with van der Waals surface area (Å²) in [6.07, 6.45) is 0. The molecule has 0 saturated heterocycles. The van der Waals surface area contributed by atoms with E-state index in [9.17, 15) is 4.79 Å². The fourth-order valence-corrected chi connectivity index (χ4v) is 3.32. The first kappa shape index (κ1) is 16.1. The average molecular weight is 283 g/mol. The summed E-state index contributed by atoms with van der Waals surface area (Å²) in [5, 5.41) is 2.08. The van der Waals surface area contributed by atoms with Gasteiger partial charge in [-0.2, -0.15) is 0 Å². The van der Waals surface area contributed by atoms with Gasteiger partial charge >= 0.3 is 0 Å². The second-order valence-corrected chi connectivity index (χ2v) is 5.65. The number of nitrogens with two attached hydrogens (primary N) is 1. The van der Waals surface area contributed by atoms with Crippen molar-refractivity contribution in [1.82, 2.24) is 9.80 Å². The van der Waals surface area contributed by atoms with E-state index in [0.717, 1.165) is 13.1 Å². The molecule has 1 rings (SSSR count). The van der Waals surface area contributed by atoms with Crippen molar-refractivity contribution in [1.29, 1.82) is 0 Å². The maximum Gasteiger partial charge on any atom is 0.236 e. The number of nitrogens with zero attached hydrogens (tertiary/aromatic N) is 2. The molecule has 0 saturated carbocycles. The van der Waals surface area contributed by atoms with Gasteiger partial charge in [-0.25, -0.2) is 0 Å². The minimum atomic E-state index is 0.125. The molecule has 1 aromatic rings. The predicted molar refractivity (Wildman–Crippen MR) is 81.4 cm³/mol. The zero-order chi connectivity index (χ0) is 14.4. The van der Waals surface area contributed by atoms with Gasteiger partial charge in [-0.3, -0.25) is 9.69 Å². The molecule has 2 N–H and O–H groups in total. The third-order valence-corrected chi connectivity index (χ3v) is 4.58. The topological polar surface area (TPSA) is 49.6 Å². The SMILES string of the molecule is CCN(CC)C(=O)CN(C)C(CN)c1sccc1C. The lowest BCUT2D eigenvalue weighted by Crippen LogP contribution is -2.41. The smallest absolute Gasteiger partial charge is 0.236 e. The molecular formula is C14H25N3OS. The van der Waals surface area contributed by atoms with Crippen molar-refractivity contribution >= 4 is 17.2 Å². The molecule has 1 amide bonds. The third kappa shape index (κ3) is 4.03. The van der Waals surface area contributed by atoms with Crippen LogP contribution in [-0.4, -0.2) is 48.9 Å². The summed E-state index contributed by atoms with van der Waals surface area (Å²) in [4.78, 5) is 17.3. The Kier molecular flexibility index (Phi) is 6.48. The van der Waals surface area contributed by atoms with Crippen LogP contribution >= 0.6 is 11.3 Å². The highest BCUT2D eigenvalue weighted by Crippen LogP contribution is 2.27. The van der Waals surface area contributed by atoms with E-state index in [2.05, 4.69) is 23.3 Å². The Labute approximate surface area is 120 Å². The van der Waals surface area contributed by atoms with Gasteiger partial charge in [0.1, 0.15) is 0 Å². The molecule has 0 aliphatic carbocycles. The molecular weight excluding hydrogens is 258 g/mol. The van der Waals surface area contributed by atoms with Gasteiger partial charge < -0.3 is 10.6 Å². The number of hydrogen-bond acceptors (Lipinski definition) is 4. The van der Waals surface area contributed by atoms with E-state index >= 15 is 0 Å². The summed E-state index contributed by atoms with van der Waals surface area (Å²) in [7, 11) is 1.97. The van der Waals surface area contributed by atoms with E-state index in [4.69, 9.17) is 5.73 Å². The number of thiophene rings is 1. The fraction of sp³-hybridized carbons (Fsp3) is 0.643. The monoisotopic (exact) mass is 283 g/mol. The third-order valence-electron chi connectivity index (χ3n) is 3.46. The lowest BCUT2D eigenvalue weighted by atomic mass is 10.1. The van der Waals surface area contributed by atoms with E-state index in [1.807, 2.05) is 25.8 Å². The quantitative estimate of drug-likeness (QED) is 0.831. The highest BCUT2D eigenvalue weighted by molar-refractivity contribution is 7.10. The summed E-state index contributed by atoms with van der Waals surface area (Å²) in [5.41, 5.74) is 7.14. The maximum atomic E-state index is 12.1. The molecule has 0 spiro atoms.